The summed E-state index contributed by atoms with van der Waals surface area (Å²) in [6.45, 7) is 1.82. The molecule has 6 heteroatoms. The second-order valence-corrected chi connectivity index (χ2v) is 4.48. The van der Waals surface area contributed by atoms with E-state index in [1.807, 2.05) is 6.92 Å². The van der Waals surface area contributed by atoms with Gasteiger partial charge in [-0.25, -0.2) is 5.43 Å². The van der Waals surface area contributed by atoms with E-state index in [2.05, 4.69) is 10.4 Å². The minimum Gasteiger partial charge on any atom is -0.271 e. The first kappa shape index (κ1) is 14.5. The summed E-state index contributed by atoms with van der Waals surface area (Å²) in [5, 5.41) is 0. The summed E-state index contributed by atoms with van der Waals surface area (Å²) in [5.41, 5.74) is 3.25. The molecule has 0 radical (unpaired) electrons. The topological polar surface area (TPSA) is 50.9 Å². The molecule has 0 aliphatic rings. The number of aryl methyl sites for hydroxylation is 1. The van der Waals surface area contributed by atoms with Crippen LogP contribution in [0.15, 0.2) is 42.7 Å². The van der Waals surface area contributed by atoms with Crippen molar-refractivity contribution in [1.82, 2.24) is 10.4 Å². The van der Waals surface area contributed by atoms with Crippen molar-refractivity contribution in [2.75, 3.05) is 0 Å². The van der Waals surface area contributed by atoms with Gasteiger partial charge in [-0.1, -0.05) is 24.3 Å². The molecule has 0 saturated carbocycles. The maximum Gasteiger partial charge on any atom is 0.416 e. The van der Waals surface area contributed by atoms with Gasteiger partial charge in [0, 0.05) is 12.4 Å². The van der Waals surface area contributed by atoms with Crippen LogP contribution in [0.2, 0.25) is 0 Å². The molecule has 0 amide bonds. The van der Waals surface area contributed by atoms with E-state index < -0.39 is 17.8 Å². The average molecular weight is 281 g/mol. The predicted molar refractivity (Wildman–Crippen MR) is 69.6 cm³/mol. The second kappa shape index (κ2) is 5.60. The minimum absolute atomic E-state index is 0.0786. The van der Waals surface area contributed by atoms with Gasteiger partial charge >= 0.3 is 6.18 Å². The summed E-state index contributed by atoms with van der Waals surface area (Å²) in [5.74, 6) is 5.45. The largest absolute Gasteiger partial charge is 0.416 e. The summed E-state index contributed by atoms with van der Waals surface area (Å²) in [6, 6.07) is 6.36. The molecule has 3 N–H and O–H groups in total. The molecule has 0 spiro atoms. The zero-order valence-electron chi connectivity index (χ0n) is 10.8. The number of nitrogens with zero attached hydrogens (tertiary/aromatic N) is 1. The molecule has 1 aromatic carbocycles. The van der Waals surface area contributed by atoms with Crippen LogP contribution in [0.5, 0.6) is 0 Å². The van der Waals surface area contributed by atoms with Gasteiger partial charge in [-0.15, -0.1) is 0 Å². The molecule has 2 rings (SSSR count). The van der Waals surface area contributed by atoms with Crippen LogP contribution in [-0.4, -0.2) is 4.98 Å². The summed E-state index contributed by atoms with van der Waals surface area (Å²) in [6.07, 6.45) is -1.29. The molecule has 0 aliphatic heterocycles. The van der Waals surface area contributed by atoms with Gasteiger partial charge in [-0.2, -0.15) is 13.2 Å². The number of halogens is 3. The lowest BCUT2D eigenvalue weighted by molar-refractivity contribution is -0.138. The van der Waals surface area contributed by atoms with Crippen molar-refractivity contribution in [3.63, 3.8) is 0 Å². The summed E-state index contributed by atoms with van der Waals surface area (Å²) in [7, 11) is 0. The van der Waals surface area contributed by atoms with Gasteiger partial charge in [0.15, 0.2) is 0 Å². The zero-order valence-corrected chi connectivity index (χ0v) is 10.8. The first-order valence-electron chi connectivity index (χ1n) is 5.97. The molecule has 0 bridgehead atoms. The van der Waals surface area contributed by atoms with Crippen LogP contribution in [0.4, 0.5) is 13.2 Å². The number of hydrazine groups is 1. The number of benzene rings is 1. The van der Waals surface area contributed by atoms with Gasteiger partial charge in [0.25, 0.3) is 0 Å². The Morgan fingerprint density at radius 1 is 1.20 bits per heavy atom. The van der Waals surface area contributed by atoms with E-state index in [4.69, 9.17) is 5.84 Å². The van der Waals surface area contributed by atoms with E-state index in [-0.39, 0.29) is 5.56 Å². The van der Waals surface area contributed by atoms with E-state index in [0.29, 0.717) is 5.56 Å². The molecule has 3 nitrogen and oxygen atoms in total. The lowest BCUT2D eigenvalue weighted by Crippen LogP contribution is -2.30. The second-order valence-electron chi connectivity index (χ2n) is 4.48. The Morgan fingerprint density at radius 2 is 1.90 bits per heavy atom. The molecule has 1 atom stereocenters. The highest BCUT2D eigenvalue weighted by Gasteiger charge is 2.35. The molecule has 0 fully saturated rings. The first-order valence-corrected chi connectivity index (χ1v) is 5.97. The van der Waals surface area contributed by atoms with E-state index in [1.165, 1.54) is 18.3 Å². The van der Waals surface area contributed by atoms with Crippen LogP contribution < -0.4 is 11.3 Å². The number of nitrogens with one attached hydrogen (secondary N) is 1. The van der Waals surface area contributed by atoms with Gasteiger partial charge in [-0.05, 0) is 29.7 Å². The van der Waals surface area contributed by atoms with Gasteiger partial charge in [-0.3, -0.25) is 10.8 Å². The fourth-order valence-electron chi connectivity index (χ4n) is 2.11. The smallest absolute Gasteiger partial charge is 0.271 e. The van der Waals surface area contributed by atoms with Crippen LogP contribution in [-0.2, 0) is 6.18 Å². The third-order valence-electron chi connectivity index (χ3n) is 2.97. The lowest BCUT2D eigenvalue weighted by atomic mass is 9.95. The van der Waals surface area contributed by atoms with Gasteiger partial charge < -0.3 is 0 Å². The van der Waals surface area contributed by atoms with Crippen molar-refractivity contribution in [2.45, 2.75) is 19.1 Å². The van der Waals surface area contributed by atoms with E-state index in [1.54, 1.807) is 18.3 Å². The number of aromatic nitrogens is 1. The Hall–Kier alpha value is -1.92. The van der Waals surface area contributed by atoms with Crippen molar-refractivity contribution in [3.8, 4) is 0 Å². The van der Waals surface area contributed by atoms with E-state index in [9.17, 15) is 13.2 Å². The number of rotatable bonds is 3. The van der Waals surface area contributed by atoms with Crippen LogP contribution in [0.1, 0.15) is 28.3 Å². The fourth-order valence-corrected chi connectivity index (χ4v) is 2.11. The highest BCUT2D eigenvalue weighted by molar-refractivity contribution is 5.38. The Labute approximate surface area is 114 Å². The van der Waals surface area contributed by atoms with Crippen molar-refractivity contribution < 1.29 is 13.2 Å². The number of nitrogens with two attached hydrogens (primary N) is 1. The quantitative estimate of drug-likeness (QED) is 0.671. The first-order chi connectivity index (χ1) is 9.43. The molecule has 0 saturated heterocycles. The molecule has 106 valence electrons. The van der Waals surface area contributed by atoms with Crippen molar-refractivity contribution in [1.29, 1.82) is 0 Å². The summed E-state index contributed by atoms with van der Waals surface area (Å²) in [4.78, 5) is 3.99. The Kier molecular flexibility index (Phi) is 4.06. The average Bonchev–Trinajstić information content (AvgIpc) is 2.39. The number of hydrogen-bond donors (Lipinski definition) is 2. The zero-order chi connectivity index (χ0) is 14.8. The summed E-state index contributed by atoms with van der Waals surface area (Å²) < 4.78 is 39.2. The number of pyridine rings is 1. The molecule has 1 aromatic heterocycles. The third kappa shape index (κ3) is 2.97. The van der Waals surface area contributed by atoms with E-state index >= 15 is 0 Å². The van der Waals surface area contributed by atoms with Crippen LogP contribution in [0.3, 0.4) is 0 Å². The number of hydrogen-bond acceptors (Lipinski definition) is 3. The fraction of sp³-hybridized carbons (Fsp3) is 0.214. The molecule has 0 aliphatic carbocycles. The van der Waals surface area contributed by atoms with Gasteiger partial charge in [0.1, 0.15) is 0 Å². The van der Waals surface area contributed by atoms with Crippen molar-refractivity contribution >= 4 is 0 Å². The van der Waals surface area contributed by atoms with Crippen molar-refractivity contribution in [3.05, 3.63) is 65.0 Å². The Morgan fingerprint density at radius 3 is 2.50 bits per heavy atom. The maximum absolute atomic E-state index is 13.1. The third-order valence-corrected chi connectivity index (χ3v) is 2.97. The SMILES string of the molecule is Cc1cncc(C(NN)c2ccccc2C(F)(F)F)c1. The maximum atomic E-state index is 13.1. The standard InChI is InChI=1S/C14H14F3N3/c1-9-6-10(8-19-7-9)13(20-18)11-4-2-3-5-12(11)14(15,16)17/h2-8,13,20H,18H2,1H3. The molecule has 2 aromatic rings. The molecular weight excluding hydrogens is 267 g/mol. The highest BCUT2D eigenvalue weighted by Crippen LogP contribution is 2.36. The molecule has 20 heavy (non-hydrogen) atoms. The Balaban J connectivity index is 2.53. The van der Waals surface area contributed by atoms with Crippen molar-refractivity contribution in [2.24, 2.45) is 5.84 Å². The van der Waals surface area contributed by atoms with Gasteiger partial charge in [0.05, 0.1) is 11.6 Å². The molecule has 1 heterocycles. The van der Waals surface area contributed by atoms with Crippen LogP contribution >= 0.6 is 0 Å². The highest BCUT2D eigenvalue weighted by atomic mass is 19.4. The number of alkyl halides is 3. The molecule has 1 unspecified atom stereocenters. The summed E-state index contributed by atoms with van der Waals surface area (Å²) >= 11 is 0. The predicted octanol–water partition coefficient (Wildman–Crippen LogP) is 2.96. The monoisotopic (exact) mass is 281 g/mol. The normalized spacial score (nSPS) is 13.2. The van der Waals surface area contributed by atoms with Crippen LogP contribution in [0.25, 0.3) is 0 Å². The van der Waals surface area contributed by atoms with E-state index in [0.717, 1.165) is 11.6 Å². The van der Waals surface area contributed by atoms with Gasteiger partial charge in [0.2, 0.25) is 0 Å². The minimum atomic E-state index is -4.43. The lowest BCUT2D eigenvalue weighted by Gasteiger charge is -2.21. The Bertz CT molecular complexity index is 596. The molecular formula is C14H14F3N3. The van der Waals surface area contributed by atoms with Crippen LogP contribution in [0, 0.1) is 6.92 Å².